The molecule has 2 rings (SSSR count). The van der Waals surface area contributed by atoms with Crippen LogP contribution in [0.5, 0.6) is 0 Å². The van der Waals surface area contributed by atoms with Gasteiger partial charge in [-0.2, -0.15) is 18.3 Å². The Labute approximate surface area is 97.6 Å². The first kappa shape index (κ1) is 12.3. The maximum Gasteiger partial charge on any atom is 0.435 e. The molecule has 0 radical (unpaired) electrons. The van der Waals surface area contributed by atoms with Gasteiger partial charge in [-0.15, -0.1) is 0 Å². The van der Waals surface area contributed by atoms with Crippen LogP contribution in [0.3, 0.4) is 0 Å². The zero-order valence-corrected chi connectivity index (χ0v) is 8.67. The first-order valence-corrected chi connectivity index (χ1v) is 4.67. The van der Waals surface area contributed by atoms with E-state index in [1.807, 2.05) is 0 Å². The minimum atomic E-state index is -4.67. The summed E-state index contributed by atoms with van der Waals surface area (Å²) >= 11 is 0. The van der Waals surface area contributed by atoms with E-state index in [1.165, 1.54) is 0 Å². The molecule has 0 atom stereocenters. The quantitative estimate of drug-likeness (QED) is 0.635. The molecule has 0 amide bonds. The summed E-state index contributed by atoms with van der Waals surface area (Å²) in [6.45, 7) is 0. The van der Waals surface area contributed by atoms with Gasteiger partial charge in [0.2, 0.25) is 0 Å². The van der Waals surface area contributed by atoms with E-state index in [4.69, 9.17) is 5.73 Å². The minimum absolute atomic E-state index is 0.169. The third-order valence-corrected chi connectivity index (χ3v) is 2.15. The van der Waals surface area contributed by atoms with Crippen molar-refractivity contribution < 1.29 is 22.0 Å². The molecule has 0 spiro atoms. The number of nitrogens with zero attached hydrogens (tertiary/aromatic N) is 2. The Kier molecular flexibility index (Phi) is 2.72. The largest absolute Gasteiger partial charge is 0.435 e. The van der Waals surface area contributed by atoms with Gasteiger partial charge in [0.25, 0.3) is 0 Å². The lowest BCUT2D eigenvalue weighted by molar-refractivity contribution is -0.141. The van der Waals surface area contributed by atoms with Gasteiger partial charge >= 0.3 is 6.18 Å². The molecular formula is C10H6F5N3. The van der Waals surface area contributed by atoms with Crippen LogP contribution in [0.25, 0.3) is 5.69 Å². The molecule has 0 aliphatic carbocycles. The highest BCUT2D eigenvalue weighted by molar-refractivity contribution is 5.47. The van der Waals surface area contributed by atoms with Crippen LogP contribution in [0, 0.1) is 11.6 Å². The Bertz CT molecular complexity index is 564. The van der Waals surface area contributed by atoms with Crippen molar-refractivity contribution in [3.63, 3.8) is 0 Å². The number of benzene rings is 1. The van der Waals surface area contributed by atoms with E-state index in [0.29, 0.717) is 10.7 Å². The van der Waals surface area contributed by atoms with Crippen molar-refractivity contribution in [3.05, 3.63) is 41.7 Å². The maximum atomic E-state index is 13.4. The van der Waals surface area contributed by atoms with E-state index in [-0.39, 0.29) is 5.69 Å². The van der Waals surface area contributed by atoms with Crippen LogP contribution in [0.4, 0.5) is 27.6 Å². The number of anilines is 1. The van der Waals surface area contributed by atoms with Crippen molar-refractivity contribution in [1.29, 1.82) is 0 Å². The Morgan fingerprint density at radius 3 is 2.11 bits per heavy atom. The fraction of sp³-hybridized carbons (Fsp3) is 0.100. The van der Waals surface area contributed by atoms with Crippen molar-refractivity contribution in [3.8, 4) is 5.69 Å². The maximum absolute atomic E-state index is 13.4. The monoisotopic (exact) mass is 263 g/mol. The van der Waals surface area contributed by atoms with E-state index in [1.54, 1.807) is 0 Å². The summed E-state index contributed by atoms with van der Waals surface area (Å²) in [4.78, 5) is 0. The molecule has 18 heavy (non-hydrogen) atoms. The summed E-state index contributed by atoms with van der Waals surface area (Å²) in [7, 11) is 0. The summed E-state index contributed by atoms with van der Waals surface area (Å²) in [6, 6.07) is 2.22. The van der Waals surface area contributed by atoms with E-state index < -0.39 is 29.2 Å². The van der Waals surface area contributed by atoms with Crippen molar-refractivity contribution in [2.45, 2.75) is 6.18 Å². The fourth-order valence-corrected chi connectivity index (χ4v) is 1.40. The molecule has 96 valence electrons. The number of rotatable bonds is 1. The Hall–Kier alpha value is -2.12. The molecule has 0 unspecified atom stereocenters. The van der Waals surface area contributed by atoms with Crippen LogP contribution in [0.2, 0.25) is 0 Å². The predicted molar refractivity (Wildman–Crippen MR) is 52.9 cm³/mol. The molecule has 0 aliphatic heterocycles. The molecule has 0 bridgehead atoms. The SMILES string of the molecule is Nc1cc(F)c(-n2ccc(C(F)(F)F)n2)c(F)c1. The number of hydrogen-bond donors (Lipinski definition) is 1. The third kappa shape index (κ3) is 2.13. The Morgan fingerprint density at radius 2 is 1.67 bits per heavy atom. The van der Waals surface area contributed by atoms with Crippen molar-refractivity contribution in [2.75, 3.05) is 5.73 Å². The lowest BCUT2D eigenvalue weighted by Gasteiger charge is -2.06. The smallest absolute Gasteiger partial charge is 0.399 e. The fourth-order valence-electron chi connectivity index (χ4n) is 1.40. The molecule has 2 aromatic rings. The van der Waals surface area contributed by atoms with Gasteiger partial charge in [-0.3, -0.25) is 0 Å². The lowest BCUT2D eigenvalue weighted by Crippen LogP contribution is -2.09. The molecule has 0 saturated heterocycles. The predicted octanol–water partition coefficient (Wildman–Crippen LogP) is 2.75. The van der Waals surface area contributed by atoms with Gasteiger partial charge in [0.15, 0.2) is 17.3 Å². The number of alkyl halides is 3. The summed E-state index contributed by atoms with van der Waals surface area (Å²) in [5.41, 5.74) is 3.08. The van der Waals surface area contributed by atoms with Gasteiger partial charge in [-0.25, -0.2) is 13.5 Å². The molecule has 1 aromatic carbocycles. The number of aromatic nitrogens is 2. The first-order chi connectivity index (χ1) is 8.29. The highest BCUT2D eigenvalue weighted by atomic mass is 19.4. The molecule has 3 nitrogen and oxygen atoms in total. The molecule has 1 heterocycles. The highest BCUT2D eigenvalue weighted by Gasteiger charge is 2.34. The topological polar surface area (TPSA) is 43.8 Å². The third-order valence-electron chi connectivity index (χ3n) is 2.15. The number of nitrogens with two attached hydrogens (primary N) is 1. The van der Waals surface area contributed by atoms with Crippen molar-refractivity contribution in [1.82, 2.24) is 9.78 Å². The van der Waals surface area contributed by atoms with Gasteiger partial charge < -0.3 is 5.73 Å². The standard InChI is InChI=1S/C10H6F5N3/c11-6-3-5(16)4-7(12)9(6)18-2-1-8(17-18)10(13,14)15/h1-4H,16H2. The molecular weight excluding hydrogens is 257 g/mol. The average molecular weight is 263 g/mol. The number of nitrogen functional groups attached to an aromatic ring is 1. The zero-order valence-electron chi connectivity index (χ0n) is 8.67. The molecule has 0 fully saturated rings. The lowest BCUT2D eigenvalue weighted by atomic mass is 10.2. The van der Waals surface area contributed by atoms with Crippen LogP contribution in [-0.4, -0.2) is 9.78 Å². The second-order valence-electron chi connectivity index (χ2n) is 3.48. The van der Waals surface area contributed by atoms with Gasteiger partial charge in [-0.05, 0) is 18.2 Å². The molecule has 8 heteroatoms. The van der Waals surface area contributed by atoms with Crippen LogP contribution < -0.4 is 5.73 Å². The first-order valence-electron chi connectivity index (χ1n) is 4.67. The van der Waals surface area contributed by atoms with Crippen LogP contribution in [0.15, 0.2) is 24.4 Å². The molecule has 2 N–H and O–H groups in total. The van der Waals surface area contributed by atoms with E-state index >= 15 is 0 Å². The van der Waals surface area contributed by atoms with Gasteiger partial charge in [0.05, 0.1) is 0 Å². The zero-order chi connectivity index (χ0) is 13.5. The number of halogens is 5. The Morgan fingerprint density at radius 1 is 1.11 bits per heavy atom. The van der Waals surface area contributed by atoms with Crippen molar-refractivity contribution >= 4 is 5.69 Å². The summed E-state index contributed by atoms with van der Waals surface area (Å²) in [6.07, 6.45) is -3.85. The van der Waals surface area contributed by atoms with Crippen LogP contribution >= 0.6 is 0 Å². The average Bonchev–Trinajstić information content (AvgIpc) is 2.64. The summed E-state index contributed by atoms with van der Waals surface area (Å²) < 4.78 is 64.3. The minimum Gasteiger partial charge on any atom is -0.399 e. The number of hydrogen-bond acceptors (Lipinski definition) is 2. The van der Waals surface area contributed by atoms with Gasteiger partial charge in [0, 0.05) is 11.9 Å². The van der Waals surface area contributed by atoms with Crippen molar-refractivity contribution in [2.24, 2.45) is 0 Å². The van der Waals surface area contributed by atoms with Gasteiger partial charge in [-0.1, -0.05) is 0 Å². The Balaban J connectivity index is 2.53. The van der Waals surface area contributed by atoms with E-state index in [9.17, 15) is 22.0 Å². The highest BCUT2D eigenvalue weighted by Crippen LogP contribution is 2.29. The summed E-state index contributed by atoms with van der Waals surface area (Å²) in [5.74, 6) is -2.19. The summed E-state index contributed by atoms with van der Waals surface area (Å²) in [5, 5.41) is 3.07. The van der Waals surface area contributed by atoms with E-state index in [0.717, 1.165) is 18.3 Å². The van der Waals surface area contributed by atoms with Gasteiger partial charge in [0.1, 0.15) is 5.69 Å². The van der Waals surface area contributed by atoms with Crippen LogP contribution in [-0.2, 0) is 6.18 Å². The second-order valence-corrected chi connectivity index (χ2v) is 3.48. The molecule has 0 aliphatic rings. The molecule has 1 aromatic heterocycles. The normalized spacial score (nSPS) is 11.8. The van der Waals surface area contributed by atoms with E-state index in [2.05, 4.69) is 5.10 Å². The second kappa shape index (κ2) is 3.97. The van der Waals surface area contributed by atoms with Crippen LogP contribution in [0.1, 0.15) is 5.69 Å². The molecule has 0 saturated carbocycles.